The van der Waals surface area contributed by atoms with Crippen LogP contribution in [0.2, 0.25) is 0 Å². The lowest BCUT2D eigenvalue weighted by molar-refractivity contribution is -0.137. The maximum atomic E-state index is 12.8. The predicted molar refractivity (Wildman–Crippen MR) is 83.6 cm³/mol. The Kier molecular flexibility index (Phi) is 4.02. The smallest absolute Gasteiger partial charge is 0.298 e. The lowest BCUT2D eigenvalue weighted by Crippen LogP contribution is -2.08. The van der Waals surface area contributed by atoms with Crippen molar-refractivity contribution in [1.82, 2.24) is 9.38 Å². The highest BCUT2D eigenvalue weighted by molar-refractivity contribution is 6.32. The van der Waals surface area contributed by atoms with Gasteiger partial charge in [-0.3, -0.25) is 9.39 Å². The summed E-state index contributed by atoms with van der Waals surface area (Å²) in [5.41, 5.74) is 0.626. The lowest BCUT2D eigenvalue weighted by Gasteiger charge is -2.11. The molecule has 0 saturated carbocycles. The number of hydrogen-bond acceptors (Lipinski definition) is 2. The van der Waals surface area contributed by atoms with Crippen LogP contribution in [0.4, 0.5) is 13.2 Å². The summed E-state index contributed by atoms with van der Waals surface area (Å²) in [6.45, 7) is 2.00. The topological polar surface area (TPSA) is 29.7 Å². The second-order valence-corrected chi connectivity index (χ2v) is 5.79. The van der Waals surface area contributed by atoms with E-state index in [4.69, 9.17) is 11.6 Å². The van der Waals surface area contributed by atoms with Crippen molar-refractivity contribution in [3.63, 3.8) is 0 Å². The van der Waals surface area contributed by atoms with Crippen LogP contribution in [0.15, 0.2) is 52.9 Å². The number of alkyl halides is 3. The first-order valence-electron chi connectivity index (χ1n) is 7.01. The summed E-state index contributed by atoms with van der Waals surface area (Å²) in [4.78, 5) is 8.38. The Labute approximate surface area is 135 Å². The minimum absolute atomic E-state index is 0.162. The minimum Gasteiger partial charge on any atom is -0.298 e. The van der Waals surface area contributed by atoms with Gasteiger partial charge < -0.3 is 0 Å². The van der Waals surface area contributed by atoms with E-state index in [2.05, 4.69) is 9.98 Å². The molecule has 0 bridgehead atoms. The first kappa shape index (κ1) is 15.8. The molecule has 7 heteroatoms. The highest BCUT2D eigenvalue weighted by atomic mass is 35.5. The fourth-order valence-corrected chi connectivity index (χ4v) is 2.50. The first-order valence-corrected chi connectivity index (χ1v) is 7.38. The second kappa shape index (κ2) is 5.85. The Hall–Kier alpha value is -2.08. The van der Waals surface area contributed by atoms with Crippen molar-refractivity contribution in [1.29, 1.82) is 0 Å². The van der Waals surface area contributed by atoms with Gasteiger partial charge in [-0.1, -0.05) is 24.6 Å². The van der Waals surface area contributed by atoms with Gasteiger partial charge in [0, 0.05) is 17.4 Å². The summed E-state index contributed by atoms with van der Waals surface area (Å²) < 4.78 is 39.9. The number of allylic oxidation sites excluding steroid dienone is 3. The van der Waals surface area contributed by atoms with Crippen molar-refractivity contribution in [2.24, 2.45) is 10.9 Å². The van der Waals surface area contributed by atoms with Crippen LogP contribution in [0.3, 0.4) is 0 Å². The van der Waals surface area contributed by atoms with Gasteiger partial charge in [0.25, 0.3) is 0 Å². The highest BCUT2D eigenvalue weighted by Gasteiger charge is 2.31. The van der Waals surface area contributed by atoms with E-state index in [1.54, 1.807) is 16.7 Å². The van der Waals surface area contributed by atoms with Crippen LogP contribution < -0.4 is 0 Å². The molecule has 23 heavy (non-hydrogen) atoms. The maximum absolute atomic E-state index is 12.8. The third-order valence-corrected chi connectivity index (χ3v) is 4.14. The molecule has 1 unspecified atom stereocenters. The molecule has 0 spiro atoms. The molecule has 0 amide bonds. The van der Waals surface area contributed by atoms with Gasteiger partial charge in [0.05, 0.1) is 23.2 Å². The molecule has 0 saturated heterocycles. The quantitative estimate of drug-likeness (QED) is 0.732. The fraction of sp³-hybridized carbons (Fsp3) is 0.250. The summed E-state index contributed by atoms with van der Waals surface area (Å²) in [7, 11) is 0. The molecular weight excluding hydrogens is 327 g/mol. The van der Waals surface area contributed by atoms with E-state index in [1.165, 1.54) is 12.4 Å². The SMILES string of the molecule is CC1C/C=C/N=C(c2cnc3cc(C(F)(F)F)ccn23)/C=C\1Cl. The van der Waals surface area contributed by atoms with Gasteiger partial charge in [0.15, 0.2) is 0 Å². The molecule has 3 rings (SSSR count). The number of hydrogen-bond donors (Lipinski definition) is 0. The molecule has 0 N–H and O–H groups in total. The number of nitrogens with zero attached hydrogens (tertiary/aromatic N) is 3. The van der Waals surface area contributed by atoms with E-state index in [1.807, 2.05) is 13.0 Å². The number of aromatic nitrogens is 2. The van der Waals surface area contributed by atoms with Gasteiger partial charge in [0.2, 0.25) is 0 Å². The summed E-state index contributed by atoms with van der Waals surface area (Å²) in [6.07, 6.45) is 4.55. The molecule has 3 heterocycles. The monoisotopic (exact) mass is 339 g/mol. The van der Waals surface area contributed by atoms with Crippen LogP contribution in [-0.2, 0) is 6.18 Å². The number of imidazole rings is 1. The van der Waals surface area contributed by atoms with Crippen molar-refractivity contribution in [2.75, 3.05) is 0 Å². The zero-order valence-electron chi connectivity index (χ0n) is 12.2. The van der Waals surface area contributed by atoms with Crippen LogP contribution in [0.25, 0.3) is 5.65 Å². The highest BCUT2D eigenvalue weighted by Crippen LogP contribution is 2.30. The molecule has 2 aromatic heterocycles. The zero-order chi connectivity index (χ0) is 16.6. The number of fused-ring (bicyclic) bond motifs is 1. The maximum Gasteiger partial charge on any atom is 0.416 e. The Balaban J connectivity index is 2.10. The van der Waals surface area contributed by atoms with Gasteiger partial charge in [-0.2, -0.15) is 13.2 Å². The van der Waals surface area contributed by atoms with Gasteiger partial charge >= 0.3 is 6.18 Å². The van der Waals surface area contributed by atoms with Crippen LogP contribution in [0.5, 0.6) is 0 Å². The number of pyridine rings is 1. The largest absolute Gasteiger partial charge is 0.416 e. The van der Waals surface area contributed by atoms with E-state index in [0.717, 1.165) is 18.6 Å². The van der Waals surface area contributed by atoms with Crippen molar-refractivity contribution in [3.05, 3.63) is 59.2 Å². The summed E-state index contributed by atoms with van der Waals surface area (Å²) in [5, 5.41) is 0.648. The average molecular weight is 340 g/mol. The van der Waals surface area contributed by atoms with E-state index in [-0.39, 0.29) is 11.6 Å². The van der Waals surface area contributed by atoms with Crippen molar-refractivity contribution < 1.29 is 13.2 Å². The lowest BCUT2D eigenvalue weighted by atomic mass is 10.0. The Bertz CT molecular complexity index is 831. The zero-order valence-corrected chi connectivity index (χ0v) is 12.9. The molecular formula is C16H13ClF3N3. The van der Waals surface area contributed by atoms with Gasteiger partial charge in [-0.15, -0.1) is 0 Å². The predicted octanol–water partition coefficient (Wildman–Crippen LogP) is 4.82. The minimum atomic E-state index is -4.40. The molecule has 1 aliphatic rings. The van der Waals surface area contributed by atoms with Crippen LogP contribution in [-0.4, -0.2) is 15.1 Å². The van der Waals surface area contributed by atoms with E-state index in [9.17, 15) is 13.2 Å². The van der Waals surface area contributed by atoms with E-state index < -0.39 is 11.7 Å². The number of halogens is 4. The van der Waals surface area contributed by atoms with Crippen LogP contribution in [0, 0.1) is 5.92 Å². The molecule has 120 valence electrons. The molecule has 0 aliphatic carbocycles. The first-order chi connectivity index (χ1) is 10.9. The normalized spacial score (nSPS) is 25.2. The summed E-state index contributed by atoms with van der Waals surface area (Å²) in [5.74, 6) is 0.162. The molecule has 3 nitrogen and oxygen atoms in total. The van der Waals surface area contributed by atoms with Crippen LogP contribution >= 0.6 is 11.6 Å². The number of aliphatic imine (C=N–C) groups is 1. The molecule has 1 atom stereocenters. The molecule has 0 aromatic carbocycles. The van der Waals surface area contributed by atoms with Crippen molar-refractivity contribution >= 4 is 23.0 Å². The fourth-order valence-electron chi connectivity index (χ4n) is 2.31. The van der Waals surface area contributed by atoms with Gasteiger partial charge in [-0.05, 0) is 30.5 Å². The molecule has 0 fully saturated rings. The summed E-state index contributed by atoms with van der Waals surface area (Å²) in [6, 6.07) is 2.03. The van der Waals surface area contributed by atoms with Gasteiger partial charge in [-0.25, -0.2) is 4.98 Å². The molecule has 1 aliphatic heterocycles. The third kappa shape index (κ3) is 3.17. The molecule has 0 radical (unpaired) electrons. The Morgan fingerprint density at radius 1 is 1.35 bits per heavy atom. The average Bonchev–Trinajstić information content (AvgIpc) is 2.90. The van der Waals surface area contributed by atoms with E-state index in [0.29, 0.717) is 16.4 Å². The standard InChI is InChI=1S/C16H13ClF3N3/c1-10-3-2-5-21-13(8-12(10)17)14-9-22-15-7-11(16(18,19)20)4-6-23(14)15/h2,4-10H,3H2,1H3/b5-2+,12-8+,21-13-. The number of rotatable bonds is 1. The molecule has 2 aromatic rings. The Morgan fingerprint density at radius 2 is 2.13 bits per heavy atom. The third-order valence-electron chi connectivity index (χ3n) is 3.66. The van der Waals surface area contributed by atoms with E-state index >= 15 is 0 Å². The Morgan fingerprint density at radius 3 is 2.87 bits per heavy atom. The van der Waals surface area contributed by atoms with Gasteiger partial charge in [0.1, 0.15) is 5.65 Å². The van der Waals surface area contributed by atoms with Crippen molar-refractivity contribution in [2.45, 2.75) is 19.5 Å². The summed E-state index contributed by atoms with van der Waals surface area (Å²) >= 11 is 6.26. The van der Waals surface area contributed by atoms with Crippen molar-refractivity contribution in [3.8, 4) is 0 Å². The second-order valence-electron chi connectivity index (χ2n) is 5.35. The van der Waals surface area contributed by atoms with Crippen LogP contribution in [0.1, 0.15) is 24.6 Å².